The van der Waals surface area contributed by atoms with E-state index >= 15 is 0 Å². The quantitative estimate of drug-likeness (QED) is 0.689. The van der Waals surface area contributed by atoms with Gasteiger partial charge in [-0.25, -0.2) is 8.78 Å². The van der Waals surface area contributed by atoms with Gasteiger partial charge in [-0.2, -0.15) is 0 Å². The maximum Gasteiger partial charge on any atom is 0.163 e. The highest BCUT2D eigenvalue weighted by Gasteiger charge is 2.12. The Bertz CT molecular complexity index is 295. The van der Waals surface area contributed by atoms with Crippen LogP contribution in [0.4, 0.5) is 8.78 Å². The van der Waals surface area contributed by atoms with Gasteiger partial charge in [0.15, 0.2) is 11.6 Å². The lowest BCUT2D eigenvalue weighted by Gasteiger charge is -2.08. The fraction of sp³-hybridized carbons (Fsp3) is 0.333. The molecule has 1 rings (SSSR count). The lowest BCUT2D eigenvalue weighted by Crippen LogP contribution is -2.09. The van der Waals surface area contributed by atoms with Crippen LogP contribution in [0.3, 0.4) is 0 Å². The molecule has 0 aliphatic carbocycles. The van der Waals surface area contributed by atoms with E-state index in [0.29, 0.717) is 5.56 Å². The van der Waals surface area contributed by atoms with Gasteiger partial charge in [-0.1, -0.05) is 12.1 Å². The zero-order valence-electron chi connectivity index (χ0n) is 7.07. The molecule has 1 aromatic rings. The third-order valence-electron chi connectivity index (χ3n) is 1.80. The number of halogens is 2. The van der Waals surface area contributed by atoms with E-state index in [4.69, 9.17) is 5.73 Å². The van der Waals surface area contributed by atoms with E-state index in [1.165, 1.54) is 19.1 Å². The summed E-state index contributed by atoms with van der Waals surface area (Å²) >= 11 is 0. The Balaban J connectivity index is 3.27. The molecule has 0 radical (unpaired) electrons. The zero-order valence-corrected chi connectivity index (χ0v) is 7.07. The van der Waals surface area contributed by atoms with Crippen molar-refractivity contribution in [3.05, 3.63) is 34.9 Å². The van der Waals surface area contributed by atoms with E-state index in [9.17, 15) is 8.78 Å². The highest BCUT2D eigenvalue weighted by atomic mass is 19.2. The second kappa shape index (κ2) is 3.19. The van der Waals surface area contributed by atoms with Crippen molar-refractivity contribution in [3.8, 4) is 0 Å². The van der Waals surface area contributed by atoms with Crippen LogP contribution in [0.15, 0.2) is 12.1 Å². The van der Waals surface area contributed by atoms with Gasteiger partial charge in [0.2, 0.25) is 0 Å². The van der Waals surface area contributed by atoms with Crippen LogP contribution in [-0.2, 0) is 0 Å². The van der Waals surface area contributed by atoms with Crippen LogP contribution in [-0.4, -0.2) is 0 Å². The largest absolute Gasteiger partial charge is 0.324 e. The normalized spacial score (nSPS) is 13.1. The molecule has 2 N–H and O–H groups in total. The van der Waals surface area contributed by atoms with Crippen LogP contribution >= 0.6 is 0 Å². The molecule has 0 spiro atoms. The number of hydrogen-bond donors (Lipinski definition) is 1. The van der Waals surface area contributed by atoms with E-state index in [0.717, 1.165) is 0 Å². The Morgan fingerprint density at radius 1 is 1.25 bits per heavy atom. The van der Waals surface area contributed by atoms with Crippen LogP contribution in [0.5, 0.6) is 0 Å². The van der Waals surface area contributed by atoms with Crippen molar-refractivity contribution in [2.75, 3.05) is 0 Å². The predicted octanol–water partition coefficient (Wildman–Crippen LogP) is 2.29. The summed E-state index contributed by atoms with van der Waals surface area (Å²) in [5, 5.41) is 0. The van der Waals surface area contributed by atoms with Crippen LogP contribution in [0.25, 0.3) is 0 Å². The first-order valence-electron chi connectivity index (χ1n) is 3.74. The molecule has 1 nitrogen and oxygen atoms in total. The van der Waals surface area contributed by atoms with Gasteiger partial charge in [0.25, 0.3) is 0 Å². The summed E-state index contributed by atoms with van der Waals surface area (Å²) in [5.41, 5.74) is 5.95. The Labute approximate surface area is 70.2 Å². The molecular weight excluding hydrogens is 160 g/mol. The Morgan fingerprint density at radius 3 is 2.33 bits per heavy atom. The smallest absolute Gasteiger partial charge is 0.163 e. The number of hydrogen-bond acceptors (Lipinski definition) is 1. The summed E-state index contributed by atoms with van der Waals surface area (Å²) in [4.78, 5) is 0. The molecule has 1 unspecified atom stereocenters. The highest BCUT2D eigenvalue weighted by molar-refractivity contribution is 5.27. The van der Waals surface area contributed by atoms with E-state index in [2.05, 4.69) is 0 Å². The first-order valence-corrected chi connectivity index (χ1v) is 3.74. The predicted molar refractivity (Wildman–Crippen MR) is 43.7 cm³/mol. The number of aryl methyl sites for hydroxylation is 1. The average molecular weight is 171 g/mol. The van der Waals surface area contributed by atoms with Crippen molar-refractivity contribution < 1.29 is 8.78 Å². The number of benzene rings is 1. The molecular formula is C9H11F2N. The molecule has 0 aliphatic rings. The minimum absolute atomic E-state index is 0.220. The molecule has 0 saturated heterocycles. The third-order valence-corrected chi connectivity index (χ3v) is 1.80. The SMILES string of the molecule is Cc1ccc(C(C)N)c(F)c1F. The van der Waals surface area contributed by atoms with E-state index < -0.39 is 17.7 Å². The highest BCUT2D eigenvalue weighted by Crippen LogP contribution is 2.19. The van der Waals surface area contributed by atoms with Gasteiger partial charge in [0.05, 0.1) is 0 Å². The molecule has 0 saturated carbocycles. The van der Waals surface area contributed by atoms with Crippen LogP contribution in [0, 0.1) is 18.6 Å². The standard InChI is InChI=1S/C9H11F2N/c1-5-3-4-7(6(2)12)9(11)8(5)10/h3-4,6H,12H2,1-2H3. The maximum atomic E-state index is 13.1. The lowest BCUT2D eigenvalue weighted by atomic mass is 10.1. The van der Waals surface area contributed by atoms with Crippen molar-refractivity contribution in [2.45, 2.75) is 19.9 Å². The zero-order chi connectivity index (χ0) is 9.30. The van der Waals surface area contributed by atoms with Crippen molar-refractivity contribution >= 4 is 0 Å². The molecule has 12 heavy (non-hydrogen) atoms. The van der Waals surface area contributed by atoms with Crippen LogP contribution in [0.2, 0.25) is 0 Å². The molecule has 1 atom stereocenters. The third kappa shape index (κ3) is 1.46. The minimum atomic E-state index is -0.829. The first-order chi connectivity index (χ1) is 5.54. The van der Waals surface area contributed by atoms with Crippen LogP contribution in [0.1, 0.15) is 24.1 Å². The average Bonchev–Trinajstić information content (AvgIpc) is 2.00. The lowest BCUT2D eigenvalue weighted by molar-refractivity contribution is 0.487. The molecule has 0 aromatic heterocycles. The molecule has 66 valence electrons. The molecule has 1 aromatic carbocycles. The van der Waals surface area contributed by atoms with E-state index in [1.54, 1.807) is 6.92 Å². The monoisotopic (exact) mass is 171 g/mol. The summed E-state index contributed by atoms with van der Waals surface area (Å²) in [6.45, 7) is 3.14. The Hall–Kier alpha value is -0.960. The van der Waals surface area contributed by atoms with Gasteiger partial charge in [0, 0.05) is 11.6 Å². The molecule has 3 heteroatoms. The number of rotatable bonds is 1. The first kappa shape index (κ1) is 9.13. The van der Waals surface area contributed by atoms with Gasteiger partial charge in [-0.15, -0.1) is 0 Å². The fourth-order valence-corrected chi connectivity index (χ4v) is 1.01. The van der Waals surface area contributed by atoms with Gasteiger partial charge in [-0.3, -0.25) is 0 Å². The summed E-state index contributed by atoms with van der Waals surface area (Å²) < 4.78 is 26.0. The van der Waals surface area contributed by atoms with Gasteiger partial charge in [-0.05, 0) is 19.4 Å². The van der Waals surface area contributed by atoms with Crippen molar-refractivity contribution in [3.63, 3.8) is 0 Å². The molecule has 0 aliphatic heterocycles. The molecule has 0 bridgehead atoms. The van der Waals surface area contributed by atoms with Gasteiger partial charge >= 0.3 is 0 Å². The van der Waals surface area contributed by atoms with E-state index in [-0.39, 0.29) is 5.56 Å². The Kier molecular flexibility index (Phi) is 2.43. The minimum Gasteiger partial charge on any atom is -0.324 e. The fourth-order valence-electron chi connectivity index (χ4n) is 1.01. The summed E-state index contributed by atoms with van der Waals surface area (Å²) in [7, 11) is 0. The van der Waals surface area contributed by atoms with Gasteiger partial charge in [0.1, 0.15) is 0 Å². The van der Waals surface area contributed by atoms with Crippen molar-refractivity contribution in [2.24, 2.45) is 5.73 Å². The van der Waals surface area contributed by atoms with E-state index in [1.807, 2.05) is 0 Å². The van der Waals surface area contributed by atoms with Crippen LogP contribution < -0.4 is 5.73 Å². The summed E-state index contributed by atoms with van der Waals surface area (Å²) in [6.07, 6.45) is 0. The second-order valence-corrected chi connectivity index (χ2v) is 2.89. The van der Waals surface area contributed by atoms with Crippen molar-refractivity contribution in [1.82, 2.24) is 0 Å². The second-order valence-electron chi connectivity index (χ2n) is 2.89. The molecule has 0 fully saturated rings. The molecule has 0 heterocycles. The van der Waals surface area contributed by atoms with Gasteiger partial charge < -0.3 is 5.73 Å². The van der Waals surface area contributed by atoms with Crippen molar-refractivity contribution in [1.29, 1.82) is 0 Å². The Morgan fingerprint density at radius 2 is 1.83 bits per heavy atom. The maximum absolute atomic E-state index is 13.1. The topological polar surface area (TPSA) is 26.0 Å². The molecule has 0 amide bonds. The summed E-state index contributed by atoms with van der Waals surface area (Å²) in [5.74, 6) is -1.63. The number of nitrogens with two attached hydrogens (primary N) is 1. The summed E-state index contributed by atoms with van der Waals surface area (Å²) in [6, 6.07) is 2.57.